The van der Waals surface area contributed by atoms with E-state index in [1.807, 2.05) is 0 Å². The molecule has 0 aliphatic carbocycles. The first kappa shape index (κ1) is 15.5. The van der Waals surface area contributed by atoms with Gasteiger partial charge in [-0.2, -0.15) is 0 Å². The average molecular weight is 327 g/mol. The first-order valence-corrected chi connectivity index (χ1v) is 8.26. The van der Waals surface area contributed by atoms with Crippen LogP contribution in [0.3, 0.4) is 0 Å². The fraction of sp³-hybridized carbons (Fsp3) is 0.250. The van der Waals surface area contributed by atoms with E-state index in [4.69, 9.17) is 0 Å². The van der Waals surface area contributed by atoms with Crippen molar-refractivity contribution >= 4 is 27.3 Å². The molecule has 0 spiro atoms. The molecule has 0 aliphatic heterocycles. The van der Waals surface area contributed by atoms with Gasteiger partial charge in [0.25, 0.3) is 10.0 Å². The number of rotatable bonds is 5. The molecule has 0 aliphatic rings. The van der Waals surface area contributed by atoms with Crippen molar-refractivity contribution in [1.82, 2.24) is 14.7 Å². The van der Waals surface area contributed by atoms with Gasteiger partial charge in [0, 0.05) is 18.4 Å². The first-order chi connectivity index (χ1) is 9.95. The van der Waals surface area contributed by atoms with Gasteiger partial charge < -0.3 is 4.74 Å². The van der Waals surface area contributed by atoms with Crippen LogP contribution in [0.2, 0.25) is 0 Å². The molecule has 0 amide bonds. The predicted octanol–water partition coefficient (Wildman–Crippen LogP) is 1.36. The summed E-state index contributed by atoms with van der Waals surface area (Å²) < 4.78 is 31.6. The van der Waals surface area contributed by atoms with E-state index >= 15 is 0 Å². The molecule has 0 saturated heterocycles. The Balaban J connectivity index is 2.27. The Labute approximate surface area is 126 Å². The van der Waals surface area contributed by atoms with E-state index in [9.17, 15) is 13.2 Å². The molecular weight excluding hydrogens is 314 g/mol. The Bertz CT molecular complexity index is 728. The molecule has 1 atom stereocenters. The summed E-state index contributed by atoms with van der Waals surface area (Å²) in [6.07, 6.45) is 3.15. The van der Waals surface area contributed by atoms with Gasteiger partial charge in [0.2, 0.25) is 0 Å². The molecule has 2 rings (SSSR count). The maximum atomic E-state index is 12.4. The van der Waals surface area contributed by atoms with Gasteiger partial charge in [0.1, 0.15) is 0 Å². The molecule has 2 heterocycles. The van der Waals surface area contributed by atoms with Crippen LogP contribution < -0.4 is 4.72 Å². The minimum Gasteiger partial charge on any atom is -0.464 e. The highest BCUT2D eigenvalue weighted by atomic mass is 32.2. The summed E-state index contributed by atoms with van der Waals surface area (Å²) in [7, 11) is -2.69. The third-order valence-corrected chi connectivity index (χ3v) is 5.61. The number of ether oxygens (including phenoxy) is 1. The van der Waals surface area contributed by atoms with Gasteiger partial charge in [0.15, 0.2) is 9.90 Å². The summed E-state index contributed by atoms with van der Waals surface area (Å²) in [6.45, 7) is 1.70. The van der Waals surface area contributed by atoms with E-state index in [0.717, 1.165) is 16.9 Å². The Morgan fingerprint density at radius 3 is 2.67 bits per heavy atom. The van der Waals surface area contributed by atoms with Crippen LogP contribution in [0.15, 0.2) is 34.2 Å². The summed E-state index contributed by atoms with van der Waals surface area (Å²) >= 11 is 0.863. The van der Waals surface area contributed by atoms with E-state index in [2.05, 4.69) is 19.4 Å². The van der Waals surface area contributed by atoms with E-state index < -0.39 is 22.0 Å². The lowest BCUT2D eigenvalue weighted by Crippen LogP contribution is -2.27. The second-order valence-electron chi connectivity index (χ2n) is 4.10. The molecule has 7 nitrogen and oxygen atoms in total. The van der Waals surface area contributed by atoms with E-state index in [0.29, 0.717) is 0 Å². The Hall–Kier alpha value is -1.84. The number of methoxy groups -OCH3 is 1. The van der Waals surface area contributed by atoms with Gasteiger partial charge in [0.05, 0.1) is 12.6 Å². The average Bonchev–Trinajstić information content (AvgIpc) is 2.97. The smallest absolute Gasteiger partial charge is 0.358 e. The minimum absolute atomic E-state index is 0.157. The number of carbonyl (C=O) groups is 1. The van der Waals surface area contributed by atoms with Crippen molar-refractivity contribution in [2.24, 2.45) is 0 Å². The number of esters is 1. The quantitative estimate of drug-likeness (QED) is 0.833. The maximum Gasteiger partial charge on any atom is 0.358 e. The summed E-state index contributed by atoms with van der Waals surface area (Å²) in [5.74, 6) is -0.784. The third kappa shape index (κ3) is 3.43. The minimum atomic E-state index is -3.87. The van der Waals surface area contributed by atoms with Crippen molar-refractivity contribution in [2.75, 3.05) is 7.11 Å². The lowest BCUT2D eigenvalue weighted by atomic mass is 10.1. The number of hydrogen-bond donors (Lipinski definition) is 1. The highest BCUT2D eigenvalue weighted by Crippen LogP contribution is 2.23. The van der Waals surface area contributed by atoms with Crippen LogP contribution in [-0.2, 0) is 14.8 Å². The zero-order chi connectivity index (χ0) is 15.5. The summed E-state index contributed by atoms with van der Waals surface area (Å²) in [5.41, 5.74) is 1.84. The zero-order valence-electron chi connectivity index (χ0n) is 11.3. The van der Waals surface area contributed by atoms with Crippen LogP contribution in [-0.4, -0.2) is 31.5 Å². The van der Waals surface area contributed by atoms with Crippen LogP contribution in [0.25, 0.3) is 0 Å². The molecule has 112 valence electrons. The van der Waals surface area contributed by atoms with Gasteiger partial charge in [-0.15, -0.1) is 11.3 Å². The lowest BCUT2D eigenvalue weighted by Gasteiger charge is -2.13. The van der Waals surface area contributed by atoms with Gasteiger partial charge >= 0.3 is 5.97 Å². The SMILES string of the molecule is COC(=O)c1ncsc1S(=O)(=O)N[C@@H](C)c1ccncc1. The van der Waals surface area contributed by atoms with Crippen LogP contribution >= 0.6 is 11.3 Å². The maximum absolute atomic E-state index is 12.4. The fourth-order valence-corrected chi connectivity index (χ4v) is 4.05. The van der Waals surface area contributed by atoms with E-state index in [-0.39, 0.29) is 9.90 Å². The van der Waals surface area contributed by atoms with Gasteiger partial charge in [-0.3, -0.25) is 4.98 Å². The normalized spacial score (nSPS) is 12.9. The molecule has 0 aromatic carbocycles. The summed E-state index contributed by atoms with van der Waals surface area (Å²) in [5, 5.41) is 0. The number of pyridine rings is 1. The second-order valence-corrected chi connectivity index (χ2v) is 6.87. The Morgan fingerprint density at radius 2 is 2.05 bits per heavy atom. The largest absolute Gasteiger partial charge is 0.464 e. The molecule has 0 fully saturated rings. The predicted molar refractivity (Wildman–Crippen MR) is 76.4 cm³/mol. The topological polar surface area (TPSA) is 98.2 Å². The second kappa shape index (κ2) is 6.29. The number of nitrogens with zero attached hydrogens (tertiary/aromatic N) is 2. The van der Waals surface area contributed by atoms with E-state index in [1.54, 1.807) is 31.5 Å². The molecule has 9 heteroatoms. The van der Waals surface area contributed by atoms with Crippen LogP contribution in [0, 0.1) is 0 Å². The van der Waals surface area contributed by atoms with Gasteiger partial charge in [-0.05, 0) is 24.6 Å². The number of hydrogen-bond acceptors (Lipinski definition) is 7. The van der Waals surface area contributed by atoms with Crippen LogP contribution in [0.5, 0.6) is 0 Å². The molecule has 1 N–H and O–H groups in total. The summed E-state index contributed by atoms with van der Waals surface area (Å²) in [6, 6.07) is 2.95. The number of nitrogens with one attached hydrogen (secondary N) is 1. The molecule has 0 radical (unpaired) electrons. The molecule has 2 aromatic heterocycles. The van der Waals surface area contributed by atoms with Crippen molar-refractivity contribution < 1.29 is 17.9 Å². The van der Waals surface area contributed by atoms with Crippen LogP contribution in [0.4, 0.5) is 0 Å². The molecule has 0 bridgehead atoms. The fourth-order valence-electron chi connectivity index (χ4n) is 1.67. The molecular formula is C12H13N3O4S2. The number of sulfonamides is 1. The molecule has 0 saturated carbocycles. The van der Waals surface area contributed by atoms with Gasteiger partial charge in [-0.25, -0.2) is 22.9 Å². The summed E-state index contributed by atoms with van der Waals surface area (Å²) in [4.78, 5) is 19.1. The molecule has 0 unspecified atom stereocenters. The van der Waals surface area contributed by atoms with Crippen LogP contribution in [0.1, 0.15) is 29.0 Å². The lowest BCUT2D eigenvalue weighted by molar-refractivity contribution is 0.0590. The Morgan fingerprint density at radius 1 is 1.38 bits per heavy atom. The highest BCUT2D eigenvalue weighted by Gasteiger charge is 2.28. The van der Waals surface area contributed by atoms with Gasteiger partial charge in [-0.1, -0.05) is 0 Å². The number of carbonyl (C=O) groups excluding carboxylic acids is 1. The van der Waals surface area contributed by atoms with Crippen molar-refractivity contribution in [3.8, 4) is 0 Å². The number of thiazole rings is 1. The molecule has 2 aromatic rings. The van der Waals surface area contributed by atoms with Crippen molar-refractivity contribution in [3.05, 3.63) is 41.3 Å². The monoisotopic (exact) mass is 327 g/mol. The van der Waals surface area contributed by atoms with E-state index in [1.165, 1.54) is 12.6 Å². The Kier molecular flexibility index (Phi) is 4.66. The number of aromatic nitrogens is 2. The van der Waals surface area contributed by atoms with Crippen molar-refractivity contribution in [3.63, 3.8) is 0 Å². The molecule has 21 heavy (non-hydrogen) atoms. The third-order valence-electron chi connectivity index (χ3n) is 2.70. The zero-order valence-corrected chi connectivity index (χ0v) is 12.9. The van der Waals surface area contributed by atoms with Crippen molar-refractivity contribution in [1.29, 1.82) is 0 Å². The highest BCUT2D eigenvalue weighted by molar-refractivity contribution is 7.91. The standard InChI is InChI=1S/C12H13N3O4S2/c1-8(9-3-5-13-6-4-9)15-21(17,18)12-10(11(16)19-2)14-7-20-12/h3-8,15H,1-2H3/t8-/m0/s1. The van der Waals surface area contributed by atoms with Crippen molar-refractivity contribution in [2.45, 2.75) is 17.2 Å². The first-order valence-electron chi connectivity index (χ1n) is 5.89.